The van der Waals surface area contributed by atoms with Gasteiger partial charge >= 0.3 is 0 Å². The van der Waals surface area contributed by atoms with E-state index in [4.69, 9.17) is 0 Å². The average Bonchev–Trinajstić information content (AvgIpc) is 3.74. The number of hydrogen-bond donors (Lipinski definition) is 2. The molecule has 2 N–H and O–H groups in total. The van der Waals surface area contributed by atoms with Crippen molar-refractivity contribution < 1.29 is 0 Å². The number of hydrogen-bond acceptors (Lipinski definition) is 5. The Balaban J connectivity index is 1.28. The number of H-pyrrole nitrogens is 1. The van der Waals surface area contributed by atoms with E-state index in [-0.39, 0.29) is 5.54 Å². The van der Waals surface area contributed by atoms with Gasteiger partial charge in [-0.05, 0) is 55.0 Å². The number of nitrogens with one attached hydrogen (secondary N) is 2. The lowest BCUT2D eigenvalue weighted by Crippen LogP contribution is -2.55. The van der Waals surface area contributed by atoms with Gasteiger partial charge < -0.3 is 14.9 Å². The van der Waals surface area contributed by atoms with E-state index in [1.54, 1.807) is 12.7 Å². The van der Waals surface area contributed by atoms with Crippen LogP contribution < -0.4 is 5.32 Å². The number of piperazine rings is 1. The molecule has 0 spiro atoms. The van der Waals surface area contributed by atoms with E-state index in [0.29, 0.717) is 0 Å². The Hall–Kier alpha value is -3.75. The van der Waals surface area contributed by atoms with Crippen LogP contribution in [0.5, 0.6) is 0 Å². The van der Waals surface area contributed by atoms with Crippen molar-refractivity contribution >= 4 is 10.9 Å². The van der Waals surface area contributed by atoms with Crippen molar-refractivity contribution in [3.63, 3.8) is 0 Å². The summed E-state index contributed by atoms with van der Waals surface area (Å²) < 4.78 is 4.17. The van der Waals surface area contributed by atoms with Gasteiger partial charge in [0, 0.05) is 73.4 Å². The molecule has 0 saturated carbocycles. The van der Waals surface area contributed by atoms with Gasteiger partial charge in [-0.25, -0.2) is 4.98 Å². The van der Waals surface area contributed by atoms with E-state index in [1.807, 2.05) is 17.1 Å². The Labute approximate surface area is 217 Å². The van der Waals surface area contributed by atoms with Crippen LogP contribution in [0.4, 0.5) is 0 Å². The molecule has 1 aliphatic heterocycles. The summed E-state index contributed by atoms with van der Waals surface area (Å²) >= 11 is 0. The molecule has 8 heteroatoms. The molecule has 1 saturated heterocycles. The van der Waals surface area contributed by atoms with Gasteiger partial charge in [-0.3, -0.25) is 9.47 Å². The number of imidazole rings is 1. The van der Waals surface area contributed by atoms with Crippen LogP contribution in [0.15, 0.2) is 86.1 Å². The summed E-state index contributed by atoms with van der Waals surface area (Å²) in [6.45, 7) is 5.15. The maximum Gasteiger partial charge on any atom is 0.123 e. The molecule has 1 aliphatic rings. The van der Waals surface area contributed by atoms with Crippen LogP contribution in [0, 0.1) is 0 Å². The Morgan fingerprint density at radius 1 is 0.919 bits per heavy atom. The topological polar surface area (TPSA) is 79.6 Å². The first-order valence-corrected chi connectivity index (χ1v) is 13.2. The van der Waals surface area contributed by atoms with Crippen LogP contribution in [0.25, 0.3) is 16.6 Å². The zero-order chi connectivity index (χ0) is 24.9. The van der Waals surface area contributed by atoms with Crippen molar-refractivity contribution in [1.82, 2.24) is 39.5 Å². The number of aromatic nitrogens is 6. The molecule has 1 atom stereocenters. The zero-order valence-corrected chi connectivity index (χ0v) is 21.1. The molecule has 1 fully saturated rings. The highest BCUT2D eigenvalue weighted by molar-refractivity contribution is 5.85. The van der Waals surface area contributed by atoms with E-state index in [2.05, 4.69) is 95.9 Å². The maximum absolute atomic E-state index is 4.28. The number of fused-ring (bicyclic) bond motifs is 1. The fourth-order valence-electron chi connectivity index (χ4n) is 5.93. The molecule has 3 aromatic heterocycles. The van der Waals surface area contributed by atoms with Gasteiger partial charge in [-0.2, -0.15) is 0 Å². The fourth-order valence-corrected chi connectivity index (χ4v) is 5.93. The predicted octanol–water partition coefficient (Wildman–Crippen LogP) is 4.16. The second kappa shape index (κ2) is 10.7. The molecule has 0 bridgehead atoms. The van der Waals surface area contributed by atoms with E-state index in [0.717, 1.165) is 64.1 Å². The molecule has 190 valence electrons. The number of rotatable bonds is 10. The highest BCUT2D eigenvalue weighted by atomic mass is 15.2. The van der Waals surface area contributed by atoms with Gasteiger partial charge in [0.25, 0.3) is 0 Å². The highest BCUT2D eigenvalue weighted by Crippen LogP contribution is 2.38. The summed E-state index contributed by atoms with van der Waals surface area (Å²) in [7, 11) is 0. The lowest BCUT2D eigenvalue weighted by Gasteiger charge is -2.47. The van der Waals surface area contributed by atoms with Gasteiger partial charge in [-0.1, -0.05) is 30.3 Å². The van der Waals surface area contributed by atoms with Crippen molar-refractivity contribution in [1.29, 1.82) is 0 Å². The standard InChI is InChI=1S/C29H34N8/c1-2-6-25(7-3-1)29(37-17-13-30-14-18-37,11-15-35-16-12-31-21-35)10-4-5-24-20-32-28-9-8-26(19-27(24)28)36-22-33-34-23-36/h1-3,6-9,12,16,19-23,30,32H,4-5,10-11,13-15,17-18H2. The van der Waals surface area contributed by atoms with Crippen molar-refractivity contribution in [2.24, 2.45) is 0 Å². The van der Waals surface area contributed by atoms with E-state index in [9.17, 15) is 0 Å². The summed E-state index contributed by atoms with van der Waals surface area (Å²) in [4.78, 5) is 10.5. The molecule has 1 unspecified atom stereocenters. The second-order valence-corrected chi connectivity index (χ2v) is 9.95. The zero-order valence-electron chi connectivity index (χ0n) is 21.1. The average molecular weight is 495 g/mol. The van der Waals surface area contributed by atoms with Crippen molar-refractivity contribution in [3.05, 3.63) is 97.2 Å². The van der Waals surface area contributed by atoms with Crippen LogP contribution >= 0.6 is 0 Å². The Morgan fingerprint density at radius 2 is 1.76 bits per heavy atom. The number of nitrogens with zero attached hydrogens (tertiary/aromatic N) is 6. The SMILES string of the molecule is c1ccc(C(CCCc2c[nH]c3ccc(-n4cnnc4)cc23)(CCn2ccnc2)N2CCNCC2)cc1. The van der Waals surface area contributed by atoms with Gasteiger partial charge in [0.2, 0.25) is 0 Å². The molecule has 4 heterocycles. The van der Waals surface area contributed by atoms with Crippen LogP contribution in [0.2, 0.25) is 0 Å². The quantitative estimate of drug-likeness (QED) is 0.305. The molecule has 0 radical (unpaired) electrons. The van der Waals surface area contributed by atoms with Crippen LogP contribution in [-0.4, -0.2) is 60.4 Å². The van der Waals surface area contributed by atoms with Crippen LogP contribution in [0.1, 0.15) is 30.4 Å². The molecule has 37 heavy (non-hydrogen) atoms. The van der Waals surface area contributed by atoms with Crippen molar-refractivity contribution in [2.45, 2.75) is 37.8 Å². The van der Waals surface area contributed by atoms with Gasteiger partial charge in [-0.15, -0.1) is 10.2 Å². The van der Waals surface area contributed by atoms with Crippen molar-refractivity contribution in [3.8, 4) is 5.69 Å². The van der Waals surface area contributed by atoms with Gasteiger partial charge in [0.05, 0.1) is 6.33 Å². The molecular formula is C29H34N8. The van der Waals surface area contributed by atoms with Gasteiger partial charge in [0.1, 0.15) is 12.7 Å². The Bertz CT molecular complexity index is 1380. The Kier molecular flexibility index (Phi) is 6.84. The molecular weight excluding hydrogens is 460 g/mol. The molecule has 0 amide bonds. The molecule has 6 rings (SSSR count). The third-order valence-electron chi connectivity index (χ3n) is 7.88. The molecule has 2 aromatic carbocycles. The molecule has 0 aliphatic carbocycles. The van der Waals surface area contributed by atoms with E-state index >= 15 is 0 Å². The maximum atomic E-state index is 4.28. The van der Waals surface area contributed by atoms with Crippen LogP contribution in [-0.2, 0) is 18.5 Å². The minimum Gasteiger partial charge on any atom is -0.361 e. The lowest BCUT2D eigenvalue weighted by molar-refractivity contribution is 0.0480. The summed E-state index contributed by atoms with van der Waals surface area (Å²) in [6, 6.07) is 17.7. The fraction of sp³-hybridized carbons (Fsp3) is 0.345. The van der Waals surface area contributed by atoms with Gasteiger partial charge in [0.15, 0.2) is 0 Å². The number of aryl methyl sites for hydroxylation is 2. The highest BCUT2D eigenvalue weighted by Gasteiger charge is 2.38. The summed E-state index contributed by atoms with van der Waals surface area (Å²) in [6.07, 6.45) is 15.8. The molecule has 5 aromatic rings. The lowest BCUT2D eigenvalue weighted by atomic mass is 9.79. The monoisotopic (exact) mass is 494 g/mol. The summed E-state index contributed by atoms with van der Waals surface area (Å²) in [5.74, 6) is 0. The van der Waals surface area contributed by atoms with Crippen LogP contribution in [0.3, 0.4) is 0 Å². The second-order valence-electron chi connectivity index (χ2n) is 9.95. The largest absolute Gasteiger partial charge is 0.361 e. The normalized spacial score (nSPS) is 16.2. The first-order chi connectivity index (χ1) is 18.3. The first-order valence-electron chi connectivity index (χ1n) is 13.2. The summed E-state index contributed by atoms with van der Waals surface area (Å²) in [5, 5.41) is 12.8. The number of aromatic amines is 1. The molecule has 8 nitrogen and oxygen atoms in total. The van der Waals surface area contributed by atoms with E-state index < -0.39 is 0 Å². The third-order valence-corrected chi connectivity index (χ3v) is 7.88. The minimum atomic E-state index is -0.0205. The third kappa shape index (κ3) is 4.95. The Morgan fingerprint density at radius 3 is 2.54 bits per heavy atom. The summed E-state index contributed by atoms with van der Waals surface area (Å²) in [5.41, 5.74) is 5.02. The van der Waals surface area contributed by atoms with Crippen molar-refractivity contribution in [2.75, 3.05) is 26.2 Å². The minimum absolute atomic E-state index is 0.0205. The predicted molar refractivity (Wildman–Crippen MR) is 146 cm³/mol. The first kappa shape index (κ1) is 23.6. The smallest absolute Gasteiger partial charge is 0.123 e. The number of benzene rings is 2. The van der Waals surface area contributed by atoms with E-state index in [1.165, 1.54) is 22.0 Å².